The van der Waals surface area contributed by atoms with Crippen LogP contribution < -0.4 is 14.4 Å². The molecule has 2 aromatic carbocycles. The molecule has 0 saturated heterocycles. The van der Waals surface area contributed by atoms with Gasteiger partial charge >= 0.3 is 0 Å². The number of hydrogen-bond donors (Lipinski definition) is 1. The van der Waals surface area contributed by atoms with Crippen molar-refractivity contribution in [3.05, 3.63) is 57.0 Å². The fraction of sp³-hybridized carbons (Fsp3) is 0.500. The van der Waals surface area contributed by atoms with Gasteiger partial charge in [0.1, 0.15) is 11.8 Å². The molecule has 1 saturated carbocycles. The summed E-state index contributed by atoms with van der Waals surface area (Å²) in [5, 5.41) is 4.23. The van der Waals surface area contributed by atoms with Crippen molar-refractivity contribution >= 4 is 62.3 Å². The summed E-state index contributed by atoms with van der Waals surface area (Å²) in [7, 11) is -2.19. The Hall–Kier alpha value is -2.20. The Morgan fingerprint density at radius 3 is 2.35 bits per heavy atom. The van der Waals surface area contributed by atoms with Crippen LogP contribution in [0.1, 0.15) is 57.4 Å². The minimum atomic E-state index is -3.66. The van der Waals surface area contributed by atoms with Crippen LogP contribution in [0.2, 0.25) is 15.1 Å². The molecule has 0 radical (unpaired) electrons. The third-order valence-corrected chi connectivity index (χ3v) is 9.13. The SMILES string of the molecule is COc1ccc(N(CCCC(=O)N(Cc2ccc(Cl)cc2Cl)[C@@H](C)C(=O)NC2CCCCC2)S(C)(=O)=O)cc1Cl. The first-order valence-electron chi connectivity index (χ1n) is 13.3. The second-order valence-corrected chi connectivity index (χ2v) is 13.2. The molecule has 220 valence electrons. The molecule has 12 heteroatoms. The van der Waals surface area contributed by atoms with E-state index in [1.807, 2.05) is 0 Å². The van der Waals surface area contributed by atoms with E-state index in [4.69, 9.17) is 39.5 Å². The van der Waals surface area contributed by atoms with Crippen LogP contribution in [0.5, 0.6) is 5.75 Å². The van der Waals surface area contributed by atoms with Crippen LogP contribution in [0.3, 0.4) is 0 Å². The molecular weight excluding hydrogens is 597 g/mol. The predicted molar refractivity (Wildman–Crippen MR) is 161 cm³/mol. The average molecular weight is 633 g/mol. The van der Waals surface area contributed by atoms with E-state index < -0.39 is 16.1 Å². The topological polar surface area (TPSA) is 96.0 Å². The fourth-order valence-electron chi connectivity index (χ4n) is 4.80. The van der Waals surface area contributed by atoms with Crippen molar-refractivity contribution in [2.75, 3.05) is 24.2 Å². The zero-order chi connectivity index (χ0) is 29.4. The number of sulfonamides is 1. The van der Waals surface area contributed by atoms with Gasteiger partial charge < -0.3 is 15.0 Å². The molecule has 0 heterocycles. The van der Waals surface area contributed by atoms with E-state index in [9.17, 15) is 18.0 Å². The third kappa shape index (κ3) is 8.90. The molecule has 40 heavy (non-hydrogen) atoms. The Balaban J connectivity index is 1.76. The maximum absolute atomic E-state index is 13.5. The number of rotatable bonds is 12. The highest BCUT2D eigenvalue weighted by molar-refractivity contribution is 7.92. The van der Waals surface area contributed by atoms with Crippen molar-refractivity contribution in [3.63, 3.8) is 0 Å². The van der Waals surface area contributed by atoms with E-state index >= 15 is 0 Å². The largest absolute Gasteiger partial charge is 0.495 e. The number of ether oxygens (including phenoxy) is 1. The summed E-state index contributed by atoms with van der Waals surface area (Å²) in [5.41, 5.74) is 1.02. The van der Waals surface area contributed by atoms with Crippen LogP contribution >= 0.6 is 34.8 Å². The van der Waals surface area contributed by atoms with E-state index in [-0.39, 0.29) is 48.8 Å². The number of benzene rings is 2. The van der Waals surface area contributed by atoms with Crippen LogP contribution in [0.15, 0.2) is 36.4 Å². The third-order valence-electron chi connectivity index (χ3n) is 7.05. The predicted octanol–water partition coefficient (Wildman–Crippen LogP) is 6.07. The van der Waals surface area contributed by atoms with Crippen LogP contribution in [0, 0.1) is 0 Å². The fourth-order valence-corrected chi connectivity index (χ4v) is 6.48. The number of anilines is 1. The first kappa shape index (κ1) is 32.3. The zero-order valence-corrected chi connectivity index (χ0v) is 26.0. The van der Waals surface area contributed by atoms with Crippen molar-refractivity contribution in [1.82, 2.24) is 10.2 Å². The second kappa shape index (κ2) is 14.6. The van der Waals surface area contributed by atoms with Crippen molar-refractivity contribution < 1.29 is 22.7 Å². The van der Waals surface area contributed by atoms with Gasteiger partial charge in [-0.2, -0.15) is 0 Å². The van der Waals surface area contributed by atoms with Crippen molar-refractivity contribution in [2.45, 2.75) is 70.5 Å². The molecule has 0 aromatic heterocycles. The molecule has 0 unspecified atom stereocenters. The van der Waals surface area contributed by atoms with Gasteiger partial charge in [-0.15, -0.1) is 0 Å². The highest BCUT2D eigenvalue weighted by Gasteiger charge is 2.29. The number of amides is 2. The van der Waals surface area contributed by atoms with Gasteiger partial charge in [0.25, 0.3) is 0 Å². The normalized spacial score (nSPS) is 14.8. The number of methoxy groups -OCH3 is 1. The minimum Gasteiger partial charge on any atom is -0.495 e. The number of halogens is 3. The number of carbonyl (C=O) groups is 2. The van der Waals surface area contributed by atoms with Gasteiger partial charge in [0.15, 0.2) is 0 Å². The van der Waals surface area contributed by atoms with Gasteiger partial charge in [-0.25, -0.2) is 8.42 Å². The maximum Gasteiger partial charge on any atom is 0.242 e. The molecule has 2 amide bonds. The summed E-state index contributed by atoms with van der Waals surface area (Å²) in [6, 6.07) is 9.04. The highest BCUT2D eigenvalue weighted by Crippen LogP contribution is 2.30. The van der Waals surface area contributed by atoms with Crippen LogP contribution in [0.4, 0.5) is 5.69 Å². The molecule has 1 N–H and O–H groups in total. The molecule has 0 spiro atoms. The Labute approximate surface area is 251 Å². The lowest BCUT2D eigenvalue weighted by atomic mass is 9.95. The van der Waals surface area contributed by atoms with Crippen molar-refractivity contribution in [1.29, 1.82) is 0 Å². The zero-order valence-electron chi connectivity index (χ0n) is 23.0. The smallest absolute Gasteiger partial charge is 0.242 e. The standard InChI is InChI=1S/C28H36Cl3N3O5S/c1-19(28(36)32-22-8-5-4-6-9-22)33(18-20-11-12-21(29)16-24(20)30)27(35)10-7-15-34(40(3,37)38)23-13-14-26(39-2)25(31)17-23/h11-14,16-17,19,22H,4-10,15,18H2,1-3H3,(H,32,36)/t19-/m0/s1. The molecule has 1 atom stereocenters. The summed E-state index contributed by atoms with van der Waals surface area (Å²) in [4.78, 5) is 28.2. The molecule has 8 nitrogen and oxygen atoms in total. The quantitative estimate of drug-likeness (QED) is 0.307. The lowest BCUT2D eigenvalue weighted by Crippen LogP contribution is -2.50. The number of carbonyl (C=O) groups excluding carboxylic acids is 2. The molecule has 1 fully saturated rings. The van der Waals surface area contributed by atoms with E-state index in [0.717, 1.165) is 38.4 Å². The average Bonchev–Trinajstić information content (AvgIpc) is 2.90. The summed E-state index contributed by atoms with van der Waals surface area (Å²) in [5.74, 6) is -0.0967. The Kier molecular flexibility index (Phi) is 11.8. The molecule has 0 aliphatic heterocycles. The van der Waals surface area contributed by atoms with Crippen molar-refractivity contribution in [2.24, 2.45) is 0 Å². The number of nitrogens with zero attached hydrogens (tertiary/aromatic N) is 2. The van der Waals surface area contributed by atoms with Gasteiger partial charge in [-0.1, -0.05) is 60.1 Å². The highest BCUT2D eigenvalue weighted by atomic mass is 35.5. The first-order valence-corrected chi connectivity index (χ1v) is 16.2. The maximum atomic E-state index is 13.5. The van der Waals surface area contributed by atoms with E-state index in [2.05, 4.69) is 5.32 Å². The Morgan fingerprint density at radius 1 is 1.05 bits per heavy atom. The van der Waals surface area contributed by atoms with Gasteiger partial charge in [-0.3, -0.25) is 13.9 Å². The second-order valence-electron chi connectivity index (χ2n) is 10.0. The van der Waals surface area contributed by atoms with E-state index in [0.29, 0.717) is 27.0 Å². The van der Waals surface area contributed by atoms with Gasteiger partial charge in [0.2, 0.25) is 21.8 Å². The molecule has 2 aromatic rings. The molecule has 3 rings (SSSR count). The Bertz CT molecular complexity index is 1300. The van der Waals surface area contributed by atoms with Crippen LogP contribution in [-0.2, 0) is 26.2 Å². The summed E-state index contributed by atoms with van der Waals surface area (Å²) in [6.45, 7) is 1.85. The van der Waals surface area contributed by atoms with E-state index in [1.54, 1.807) is 37.3 Å². The lowest BCUT2D eigenvalue weighted by molar-refractivity contribution is -0.141. The monoisotopic (exact) mass is 631 g/mol. The van der Waals surface area contributed by atoms with Gasteiger partial charge in [-0.05, 0) is 62.1 Å². The van der Waals surface area contributed by atoms with E-state index in [1.165, 1.54) is 22.4 Å². The summed E-state index contributed by atoms with van der Waals surface area (Å²) in [6.07, 6.45) is 6.48. The first-order chi connectivity index (χ1) is 18.9. The van der Waals surface area contributed by atoms with Crippen molar-refractivity contribution in [3.8, 4) is 5.75 Å². The summed E-state index contributed by atoms with van der Waals surface area (Å²) >= 11 is 18.7. The molecule has 0 bridgehead atoms. The van der Waals surface area contributed by atoms with Gasteiger partial charge in [0, 0.05) is 35.6 Å². The number of hydrogen-bond acceptors (Lipinski definition) is 5. The molecular formula is C28H36Cl3N3O5S. The van der Waals surface area contributed by atoms with Crippen LogP contribution in [-0.4, -0.2) is 57.1 Å². The molecule has 1 aliphatic rings. The minimum absolute atomic E-state index is 0.0160. The summed E-state index contributed by atoms with van der Waals surface area (Å²) < 4.78 is 31.5. The number of nitrogens with one attached hydrogen (secondary N) is 1. The van der Waals surface area contributed by atoms with Crippen LogP contribution in [0.25, 0.3) is 0 Å². The Morgan fingerprint density at radius 2 is 1.75 bits per heavy atom. The lowest BCUT2D eigenvalue weighted by Gasteiger charge is -2.32. The van der Waals surface area contributed by atoms with Gasteiger partial charge in [0.05, 0.1) is 24.1 Å². The molecule has 1 aliphatic carbocycles.